The van der Waals surface area contributed by atoms with E-state index in [2.05, 4.69) is 84.9 Å². The summed E-state index contributed by atoms with van der Waals surface area (Å²) in [6.07, 6.45) is 3.89. The Morgan fingerprint density at radius 1 is 1.03 bits per heavy atom. The molecule has 2 N–H and O–H groups in total. The summed E-state index contributed by atoms with van der Waals surface area (Å²) in [5.41, 5.74) is 5.91. The van der Waals surface area contributed by atoms with Crippen LogP contribution in [0.5, 0.6) is 5.75 Å². The molecule has 3 aromatic rings. The molecule has 0 spiro atoms. The van der Waals surface area contributed by atoms with Crippen molar-refractivity contribution in [3.05, 3.63) is 59.3 Å². The molecular formula is C26H35N4O+. The van der Waals surface area contributed by atoms with Gasteiger partial charge in [-0.1, -0.05) is 26.0 Å². The van der Waals surface area contributed by atoms with Gasteiger partial charge >= 0.3 is 0 Å². The number of fused-ring (bicyclic) bond motifs is 1. The molecule has 0 amide bonds. The fourth-order valence-electron chi connectivity index (χ4n) is 3.82. The van der Waals surface area contributed by atoms with Crippen LogP contribution in [0.1, 0.15) is 44.4 Å². The Morgan fingerprint density at radius 2 is 1.77 bits per heavy atom. The molecule has 0 saturated carbocycles. The van der Waals surface area contributed by atoms with E-state index in [1.807, 2.05) is 18.3 Å². The number of rotatable bonds is 9. The van der Waals surface area contributed by atoms with Gasteiger partial charge in [0.15, 0.2) is 6.21 Å². The van der Waals surface area contributed by atoms with E-state index in [9.17, 15) is 5.11 Å². The van der Waals surface area contributed by atoms with Crippen LogP contribution in [0.2, 0.25) is 0 Å². The highest BCUT2D eigenvalue weighted by atomic mass is 16.3. The molecule has 2 aromatic carbocycles. The molecule has 0 aliphatic rings. The first-order valence-electron chi connectivity index (χ1n) is 11.3. The number of nitrogens with one attached hydrogen (secondary N) is 1. The minimum absolute atomic E-state index is 0.361. The number of aryl methyl sites for hydroxylation is 1. The molecule has 5 heteroatoms. The Labute approximate surface area is 186 Å². The Balaban J connectivity index is 2.08. The van der Waals surface area contributed by atoms with Gasteiger partial charge in [0.05, 0.1) is 11.1 Å². The second-order valence-corrected chi connectivity index (χ2v) is 7.89. The van der Waals surface area contributed by atoms with Gasteiger partial charge in [0.2, 0.25) is 0 Å². The van der Waals surface area contributed by atoms with Gasteiger partial charge in [-0.3, -0.25) is 9.88 Å². The maximum Gasteiger partial charge on any atom is 0.174 e. The third kappa shape index (κ3) is 5.42. The van der Waals surface area contributed by atoms with Crippen molar-refractivity contribution in [3.8, 4) is 5.75 Å². The first-order valence-corrected chi connectivity index (χ1v) is 11.3. The molecule has 5 nitrogen and oxygen atoms in total. The molecule has 0 radical (unpaired) electrons. The molecule has 3 rings (SSSR count). The Hall–Kier alpha value is -2.92. The van der Waals surface area contributed by atoms with E-state index in [1.165, 1.54) is 5.56 Å². The fourth-order valence-corrected chi connectivity index (χ4v) is 3.82. The monoisotopic (exact) mass is 419 g/mol. The van der Waals surface area contributed by atoms with Crippen LogP contribution < -0.4 is 5.32 Å². The van der Waals surface area contributed by atoms with E-state index in [1.54, 1.807) is 0 Å². The summed E-state index contributed by atoms with van der Waals surface area (Å²) in [4.78, 5) is 6.83. The number of hydrogen-bond acceptors (Lipinski definition) is 4. The number of phenols is 1. The van der Waals surface area contributed by atoms with Crippen molar-refractivity contribution >= 4 is 28.5 Å². The minimum Gasteiger partial charge on any atom is -0.507 e. The summed E-state index contributed by atoms with van der Waals surface area (Å²) in [5, 5.41) is 15.7. The van der Waals surface area contributed by atoms with Crippen molar-refractivity contribution < 1.29 is 9.68 Å². The van der Waals surface area contributed by atoms with E-state index < -0.39 is 0 Å². The number of phenolic OH excluding ortho intramolecular Hbond substituents is 1. The van der Waals surface area contributed by atoms with Crippen molar-refractivity contribution in [1.82, 2.24) is 9.88 Å². The van der Waals surface area contributed by atoms with Crippen LogP contribution in [-0.2, 0) is 6.54 Å². The van der Waals surface area contributed by atoms with E-state index in [4.69, 9.17) is 0 Å². The second kappa shape index (κ2) is 10.4. The van der Waals surface area contributed by atoms with Crippen molar-refractivity contribution in [1.29, 1.82) is 0 Å². The smallest absolute Gasteiger partial charge is 0.174 e. The highest BCUT2D eigenvalue weighted by Crippen LogP contribution is 2.31. The highest BCUT2D eigenvalue weighted by molar-refractivity contribution is 5.94. The molecule has 0 bridgehead atoms. The third-order valence-electron chi connectivity index (χ3n) is 5.82. The lowest BCUT2D eigenvalue weighted by Gasteiger charge is -2.20. The molecule has 1 aromatic heterocycles. The molecule has 0 fully saturated rings. The highest BCUT2D eigenvalue weighted by Gasteiger charge is 2.15. The summed E-state index contributed by atoms with van der Waals surface area (Å²) in [5.74, 6) is 0.361. The molecule has 0 aliphatic carbocycles. The van der Waals surface area contributed by atoms with Crippen LogP contribution >= 0.6 is 0 Å². The molecule has 164 valence electrons. The van der Waals surface area contributed by atoms with Crippen LogP contribution in [0.3, 0.4) is 0 Å². The van der Waals surface area contributed by atoms with E-state index in [0.717, 1.165) is 59.6 Å². The van der Waals surface area contributed by atoms with Crippen molar-refractivity contribution in [3.63, 3.8) is 0 Å². The van der Waals surface area contributed by atoms with Gasteiger partial charge in [-0.25, -0.2) is 4.58 Å². The molecule has 0 atom stereocenters. The predicted molar refractivity (Wildman–Crippen MR) is 131 cm³/mol. The standard InChI is InChI=1S/C26H34N4O/c1-6-29(7-2)17-20-15-22(16-21(26(20)31)18-30(8-3)9-4)28-24-12-13-27-25-14-19(5)10-11-23(24)25/h10-17H,6-9,18H2,1-5H3,(H,27,28)/p+1. The van der Waals surface area contributed by atoms with Crippen molar-refractivity contribution in [2.24, 2.45) is 0 Å². The topological polar surface area (TPSA) is 51.4 Å². The normalized spacial score (nSPS) is 11.2. The van der Waals surface area contributed by atoms with Crippen LogP contribution in [0.25, 0.3) is 10.9 Å². The van der Waals surface area contributed by atoms with Gasteiger partial charge in [0.1, 0.15) is 18.8 Å². The fraction of sp³-hybridized carbons (Fsp3) is 0.385. The lowest BCUT2D eigenvalue weighted by molar-refractivity contribution is -0.515. The molecule has 1 heterocycles. The van der Waals surface area contributed by atoms with Gasteiger partial charge in [-0.2, -0.15) is 0 Å². The Bertz CT molecular complexity index is 1060. The first-order chi connectivity index (χ1) is 15.0. The summed E-state index contributed by atoms with van der Waals surface area (Å²) < 4.78 is 2.20. The van der Waals surface area contributed by atoms with Gasteiger partial charge in [0.25, 0.3) is 0 Å². The average Bonchev–Trinajstić information content (AvgIpc) is 2.78. The quantitative estimate of drug-likeness (QED) is 0.280. The van der Waals surface area contributed by atoms with E-state index >= 15 is 0 Å². The van der Waals surface area contributed by atoms with E-state index in [-0.39, 0.29) is 0 Å². The Kier molecular flexibility index (Phi) is 7.64. The van der Waals surface area contributed by atoms with Gasteiger partial charge in [0, 0.05) is 35.1 Å². The number of nitrogens with zero attached hydrogens (tertiary/aromatic N) is 3. The second-order valence-electron chi connectivity index (χ2n) is 7.89. The summed E-state index contributed by atoms with van der Waals surface area (Å²) in [7, 11) is 0. The maximum absolute atomic E-state index is 11.0. The van der Waals surface area contributed by atoms with Crippen LogP contribution in [0.4, 0.5) is 11.4 Å². The van der Waals surface area contributed by atoms with Crippen LogP contribution in [0, 0.1) is 6.92 Å². The summed E-state index contributed by atoms with van der Waals surface area (Å²) >= 11 is 0. The zero-order valence-electron chi connectivity index (χ0n) is 19.4. The number of benzene rings is 2. The average molecular weight is 420 g/mol. The molecular weight excluding hydrogens is 384 g/mol. The number of aromatic hydroxyl groups is 1. The molecule has 31 heavy (non-hydrogen) atoms. The van der Waals surface area contributed by atoms with Gasteiger partial charge in [-0.15, -0.1) is 0 Å². The molecule has 0 aliphatic heterocycles. The summed E-state index contributed by atoms with van der Waals surface area (Å²) in [6, 6.07) is 12.4. The lowest BCUT2D eigenvalue weighted by atomic mass is 10.1. The minimum atomic E-state index is 0.361. The number of aromatic nitrogens is 1. The predicted octanol–water partition coefficient (Wildman–Crippen LogP) is 5.31. The first kappa shape index (κ1) is 22.8. The number of hydrogen-bond donors (Lipinski definition) is 2. The van der Waals surface area contributed by atoms with Crippen molar-refractivity contribution in [2.75, 3.05) is 31.5 Å². The number of pyridine rings is 1. The van der Waals surface area contributed by atoms with Gasteiger partial charge < -0.3 is 10.4 Å². The largest absolute Gasteiger partial charge is 0.507 e. The Morgan fingerprint density at radius 3 is 2.45 bits per heavy atom. The maximum atomic E-state index is 11.0. The van der Waals surface area contributed by atoms with Crippen LogP contribution in [0.15, 0.2) is 42.6 Å². The zero-order valence-corrected chi connectivity index (χ0v) is 19.4. The lowest BCUT2D eigenvalue weighted by Crippen LogP contribution is -2.22. The van der Waals surface area contributed by atoms with Gasteiger partial charge in [-0.05, 0) is 63.7 Å². The summed E-state index contributed by atoms with van der Waals surface area (Å²) in [6.45, 7) is 15.0. The van der Waals surface area contributed by atoms with E-state index in [0.29, 0.717) is 12.3 Å². The van der Waals surface area contributed by atoms with Crippen molar-refractivity contribution in [2.45, 2.75) is 41.2 Å². The SMILES string of the molecule is CCN(CC)Cc1cc(Nc2ccnc3cc(C)ccc23)cc(C=[N+](CC)CC)c1O. The number of anilines is 2. The zero-order chi connectivity index (χ0) is 22.4. The molecule has 0 saturated heterocycles. The molecule has 0 unspecified atom stereocenters. The third-order valence-corrected chi connectivity index (χ3v) is 5.82. The van der Waals surface area contributed by atoms with Crippen LogP contribution in [-0.4, -0.2) is 52.0 Å².